The van der Waals surface area contributed by atoms with Crippen LogP contribution in [0.1, 0.15) is 11.1 Å². The molecule has 1 aliphatic rings. The smallest absolute Gasteiger partial charge is 0.449 e. The second-order valence-corrected chi connectivity index (χ2v) is 3.98. The number of rotatable bonds is 1. The zero-order valence-corrected chi connectivity index (χ0v) is 9.01. The number of carbonyl (C=O) groups is 1. The molecule has 0 saturated carbocycles. The molecule has 3 rings (SSSR count). The standard InChI is InChI=1S/C14H10O3/c15-14(16)17-13-7-3-6-11-10-5-2-1-4-9(10)8-12(11)13/h1-7H,8H2,(H,15,16). The first kappa shape index (κ1) is 9.90. The van der Waals surface area contributed by atoms with Crippen LogP contribution >= 0.6 is 0 Å². The van der Waals surface area contributed by atoms with Gasteiger partial charge in [-0.25, -0.2) is 4.79 Å². The normalized spacial score (nSPS) is 11.8. The Bertz CT molecular complexity index is 602. The van der Waals surface area contributed by atoms with E-state index < -0.39 is 6.16 Å². The van der Waals surface area contributed by atoms with Gasteiger partial charge in [0.25, 0.3) is 0 Å². The van der Waals surface area contributed by atoms with E-state index in [9.17, 15) is 4.79 Å². The van der Waals surface area contributed by atoms with E-state index in [0.717, 1.165) is 17.5 Å². The minimum Gasteiger partial charge on any atom is -0.449 e. The zero-order chi connectivity index (χ0) is 11.8. The van der Waals surface area contributed by atoms with Gasteiger partial charge in [-0.1, -0.05) is 36.4 Å². The lowest BCUT2D eigenvalue weighted by atomic mass is 10.1. The monoisotopic (exact) mass is 226 g/mol. The molecule has 0 spiro atoms. The first-order valence-electron chi connectivity index (χ1n) is 5.36. The van der Waals surface area contributed by atoms with Crippen LogP contribution in [0, 0.1) is 0 Å². The Balaban J connectivity index is 2.14. The molecule has 1 N–H and O–H groups in total. The SMILES string of the molecule is O=C(O)Oc1cccc2c1Cc1ccccc1-2. The van der Waals surface area contributed by atoms with Gasteiger partial charge in [0.2, 0.25) is 0 Å². The lowest BCUT2D eigenvalue weighted by molar-refractivity contribution is 0.144. The first-order valence-corrected chi connectivity index (χ1v) is 5.36. The summed E-state index contributed by atoms with van der Waals surface area (Å²) in [7, 11) is 0. The van der Waals surface area contributed by atoms with Gasteiger partial charge in [-0.05, 0) is 22.8 Å². The van der Waals surface area contributed by atoms with Crippen molar-refractivity contribution >= 4 is 6.16 Å². The minimum absolute atomic E-state index is 0.436. The van der Waals surface area contributed by atoms with Gasteiger partial charge in [0.05, 0.1) is 0 Å². The van der Waals surface area contributed by atoms with Crippen LogP contribution in [-0.4, -0.2) is 11.3 Å². The summed E-state index contributed by atoms with van der Waals surface area (Å²) in [5, 5.41) is 8.69. The van der Waals surface area contributed by atoms with Crippen LogP contribution in [0.5, 0.6) is 5.75 Å². The molecule has 1 aliphatic carbocycles. The number of benzene rings is 2. The quantitative estimate of drug-likeness (QED) is 0.511. The van der Waals surface area contributed by atoms with Crippen LogP contribution < -0.4 is 4.74 Å². The van der Waals surface area contributed by atoms with Crippen molar-refractivity contribution in [3.05, 3.63) is 53.6 Å². The second-order valence-electron chi connectivity index (χ2n) is 3.98. The average molecular weight is 226 g/mol. The highest BCUT2D eigenvalue weighted by atomic mass is 16.7. The average Bonchev–Trinajstić information content (AvgIpc) is 2.68. The summed E-state index contributed by atoms with van der Waals surface area (Å²) in [6, 6.07) is 13.6. The summed E-state index contributed by atoms with van der Waals surface area (Å²) >= 11 is 0. The summed E-state index contributed by atoms with van der Waals surface area (Å²) in [6.45, 7) is 0. The molecule has 0 bridgehead atoms. The number of ether oxygens (including phenoxy) is 1. The maximum absolute atomic E-state index is 10.6. The van der Waals surface area contributed by atoms with E-state index in [1.54, 1.807) is 6.07 Å². The van der Waals surface area contributed by atoms with E-state index in [1.165, 1.54) is 11.1 Å². The molecule has 0 fully saturated rings. The number of carboxylic acid groups (broad SMARTS) is 1. The lowest BCUT2D eigenvalue weighted by Crippen LogP contribution is -2.04. The van der Waals surface area contributed by atoms with Crippen LogP contribution in [0.3, 0.4) is 0 Å². The molecule has 0 aliphatic heterocycles. The van der Waals surface area contributed by atoms with Crippen molar-refractivity contribution < 1.29 is 14.6 Å². The summed E-state index contributed by atoms with van der Waals surface area (Å²) in [4.78, 5) is 10.6. The molecule has 0 heterocycles. The maximum atomic E-state index is 10.6. The molecule has 0 radical (unpaired) electrons. The number of fused-ring (bicyclic) bond motifs is 3. The van der Waals surface area contributed by atoms with Gasteiger partial charge in [-0.3, -0.25) is 0 Å². The van der Waals surface area contributed by atoms with E-state index in [1.807, 2.05) is 30.3 Å². The minimum atomic E-state index is -1.27. The van der Waals surface area contributed by atoms with E-state index in [2.05, 4.69) is 6.07 Å². The topological polar surface area (TPSA) is 46.5 Å². The van der Waals surface area contributed by atoms with Crippen molar-refractivity contribution in [2.45, 2.75) is 6.42 Å². The van der Waals surface area contributed by atoms with Crippen LogP contribution in [0.2, 0.25) is 0 Å². The molecule has 0 amide bonds. The second kappa shape index (κ2) is 3.63. The van der Waals surface area contributed by atoms with Gasteiger partial charge in [0.15, 0.2) is 0 Å². The first-order chi connectivity index (χ1) is 8.25. The predicted octanol–water partition coefficient (Wildman–Crippen LogP) is 3.31. The van der Waals surface area contributed by atoms with Crippen molar-refractivity contribution in [2.75, 3.05) is 0 Å². The van der Waals surface area contributed by atoms with Crippen LogP contribution in [0.4, 0.5) is 4.79 Å². The third-order valence-corrected chi connectivity index (χ3v) is 3.01. The largest absolute Gasteiger partial charge is 0.511 e. The van der Waals surface area contributed by atoms with Gasteiger partial charge in [-0.2, -0.15) is 0 Å². The molecule has 3 heteroatoms. The molecular formula is C14H10O3. The Morgan fingerprint density at radius 3 is 2.65 bits per heavy atom. The molecule has 2 aromatic carbocycles. The summed E-state index contributed by atoms with van der Waals surface area (Å²) in [5.41, 5.74) is 4.40. The van der Waals surface area contributed by atoms with Gasteiger partial charge in [0, 0.05) is 12.0 Å². The van der Waals surface area contributed by atoms with Crippen molar-refractivity contribution in [2.24, 2.45) is 0 Å². The zero-order valence-electron chi connectivity index (χ0n) is 9.01. The molecule has 2 aromatic rings. The Labute approximate surface area is 98.3 Å². The molecule has 0 aromatic heterocycles. The number of hydrogen-bond acceptors (Lipinski definition) is 2. The predicted molar refractivity (Wildman–Crippen MR) is 63.3 cm³/mol. The fourth-order valence-corrected chi connectivity index (χ4v) is 2.32. The molecule has 3 nitrogen and oxygen atoms in total. The van der Waals surface area contributed by atoms with Crippen LogP contribution in [0.15, 0.2) is 42.5 Å². The van der Waals surface area contributed by atoms with E-state index in [4.69, 9.17) is 9.84 Å². The summed E-state index contributed by atoms with van der Waals surface area (Å²) in [6.07, 6.45) is -0.538. The summed E-state index contributed by atoms with van der Waals surface area (Å²) in [5.74, 6) is 0.436. The van der Waals surface area contributed by atoms with Gasteiger partial charge < -0.3 is 9.84 Å². The Morgan fingerprint density at radius 1 is 1.06 bits per heavy atom. The van der Waals surface area contributed by atoms with Crippen molar-refractivity contribution in [1.29, 1.82) is 0 Å². The molecule has 0 saturated heterocycles. The Morgan fingerprint density at radius 2 is 1.82 bits per heavy atom. The molecule has 17 heavy (non-hydrogen) atoms. The highest BCUT2D eigenvalue weighted by Crippen LogP contribution is 2.40. The highest BCUT2D eigenvalue weighted by Gasteiger charge is 2.21. The Kier molecular flexibility index (Phi) is 2.11. The highest BCUT2D eigenvalue weighted by molar-refractivity contribution is 5.79. The van der Waals surface area contributed by atoms with Crippen LogP contribution in [-0.2, 0) is 6.42 Å². The van der Waals surface area contributed by atoms with Gasteiger partial charge in [-0.15, -0.1) is 0 Å². The molecule has 84 valence electrons. The van der Waals surface area contributed by atoms with Gasteiger partial charge in [0.1, 0.15) is 5.75 Å². The van der Waals surface area contributed by atoms with E-state index in [0.29, 0.717) is 5.75 Å². The molecular weight excluding hydrogens is 216 g/mol. The summed E-state index contributed by atoms with van der Waals surface area (Å²) < 4.78 is 4.80. The fourth-order valence-electron chi connectivity index (χ4n) is 2.32. The maximum Gasteiger partial charge on any atom is 0.511 e. The van der Waals surface area contributed by atoms with Crippen molar-refractivity contribution in [3.8, 4) is 16.9 Å². The Hall–Kier alpha value is -2.29. The molecule has 0 unspecified atom stereocenters. The third-order valence-electron chi connectivity index (χ3n) is 3.01. The van der Waals surface area contributed by atoms with Crippen molar-refractivity contribution in [1.82, 2.24) is 0 Å². The lowest BCUT2D eigenvalue weighted by Gasteiger charge is -2.06. The van der Waals surface area contributed by atoms with Crippen LogP contribution in [0.25, 0.3) is 11.1 Å². The molecule has 0 atom stereocenters. The van der Waals surface area contributed by atoms with E-state index >= 15 is 0 Å². The van der Waals surface area contributed by atoms with Gasteiger partial charge >= 0.3 is 6.16 Å². The third kappa shape index (κ3) is 1.56. The number of hydrogen-bond donors (Lipinski definition) is 1. The van der Waals surface area contributed by atoms with Crippen molar-refractivity contribution in [3.63, 3.8) is 0 Å². The van der Waals surface area contributed by atoms with E-state index in [-0.39, 0.29) is 0 Å². The fraction of sp³-hybridized carbons (Fsp3) is 0.0714.